The molecule has 6 nitrogen and oxygen atoms in total. The molecular weight excluding hydrogens is 364 g/mol. The van der Waals surface area contributed by atoms with E-state index in [4.69, 9.17) is 21.9 Å². The van der Waals surface area contributed by atoms with Crippen LogP contribution in [0.25, 0.3) is 16.8 Å². The van der Waals surface area contributed by atoms with Gasteiger partial charge in [-0.15, -0.1) is 0 Å². The third-order valence-electron chi connectivity index (χ3n) is 4.24. The molecule has 0 radical (unpaired) electrons. The molecule has 0 aliphatic rings. The van der Waals surface area contributed by atoms with Crippen LogP contribution in [0, 0.1) is 0 Å². The van der Waals surface area contributed by atoms with E-state index in [0.717, 1.165) is 22.3 Å². The minimum Gasteiger partial charge on any atom is -0.288 e. The van der Waals surface area contributed by atoms with E-state index in [-0.39, 0.29) is 5.69 Å². The van der Waals surface area contributed by atoms with Crippen LogP contribution in [0.4, 0.5) is 0 Å². The minimum atomic E-state index is -0.647. The maximum atomic E-state index is 11.7. The largest absolute Gasteiger partial charge is 0.293 e. The second kappa shape index (κ2) is 7.19. The molecule has 3 aromatic heterocycles. The summed E-state index contributed by atoms with van der Waals surface area (Å²) in [6.07, 6.45) is 2.23. The van der Waals surface area contributed by atoms with Crippen molar-refractivity contribution in [3.05, 3.63) is 88.8 Å². The summed E-state index contributed by atoms with van der Waals surface area (Å²) in [6, 6.07) is 18.7. The zero-order valence-corrected chi connectivity index (χ0v) is 14.9. The molecule has 0 aliphatic carbocycles. The van der Waals surface area contributed by atoms with Gasteiger partial charge in [0.15, 0.2) is 0 Å². The molecule has 4 aromatic rings. The van der Waals surface area contributed by atoms with Crippen molar-refractivity contribution in [3.63, 3.8) is 0 Å². The molecule has 4 rings (SSSR count). The molecule has 0 fully saturated rings. The van der Waals surface area contributed by atoms with E-state index >= 15 is 0 Å². The van der Waals surface area contributed by atoms with Gasteiger partial charge in [0.25, 0.3) is 5.91 Å². The Hall–Kier alpha value is -3.22. The zero-order chi connectivity index (χ0) is 18.8. The van der Waals surface area contributed by atoms with Gasteiger partial charge in [-0.25, -0.2) is 15.0 Å². The number of pyridine rings is 2. The Bertz CT molecular complexity index is 1130. The van der Waals surface area contributed by atoms with Crippen molar-refractivity contribution < 1.29 is 10.0 Å². The Morgan fingerprint density at radius 1 is 1.07 bits per heavy atom. The number of rotatable bonds is 4. The van der Waals surface area contributed by atoms with Crippen LogP contribution in [0.5, 0.6) is 0 Å². The average molecular weight is 379 g/mol. The zero-order valence-electron chi connectivity index (χ0n) is 14.1. The SMILES string of the molecule is O=C(NO)c1cccc(Cc2c(-c3ccccc3)nn3cc(Cl)ccc23)n1. The van der Waals surface area contributed by atoms with Crippen molar-refractivity contribution in [3.8, 4) is 11.3 Å². The number of halogens is 1. The minimum absolute atomic E-state index is 0.149. The normalized spacial score (nSPS) is 10.9. The van der Waals surface area contributed by atoms with E-state index in [0.29, 0.717) is 17.1 Å². The highest BCUT2D eigenvalue weighted by atomic mass is 35.5. The molecule has 1 aromatic carbocycles. The fraction of sp³-hybridized carbons (Fsp3) is 0.0500. The smallest absolute Gasteiger partial charge is 0.288 e. The number of nitrogens with one attached hydrogen (secondary N) is 1. The molecule has 134 valence electrons. The number of carbonyl (C=O) groups excluding carboxylic acids is 1. The molecule has 0 bridgehead atoms. The number of fused-ring (bicyclic) bond motifs is 1. The summed E-state index contributed by atoms with van der Waals surface area (Å²) in [4.78, 5) is 16.0. The first-order chi connectivity index (χ1) is 13.2. The van der Waals surface area contributed by atoms with Crippen molar-refractivity contribution in [2.45, 2.75) is 6.42 Å². The molecule has 27 heavy (non-hydrogen) atoms. The van der Waals surface area contributed by atoms with Crippen LogP contribution in [-0.4, -0.2) is 25.7 Å². The number of amides is 1. The number of carbonyl (C=O) groups is 1. The van der Waals surface area contributed by atoms with E-state index in [1.54, 1.807) is 28.3 Å². The van der Waals surface area contributed by atoms with E-state index < -0.39 is 5.91 Å². The van der Waals surface area contributed by atoms with Crippen LogP contribution in [0.3, 0.4) is 0 Å². The van der Waals surface area contributed by atoms with Gasteiger partial charge in [0.05, 0.1) is 16.2 Å². The number of hydrogen-bond donors (Lipinski definition) is 2. The Morgan fingerprint density at radius 2 is 1.89 bits per heavy atom. The molecule has 3 heterocycles. The van der Waals surface area contributed by atoms with Gasteiger partial charge in [0, 0.05) is 29.4 Å². The van der Waals surface area contributed by atoms with Gasteiger partial charge in [-0.1, -0.05) is 48.0 Å². The summed E-state index contributed by atoms with van der Waals surface area (Å²) in [5.74, 6) is -0.647. The number of benzene rings is 1. The van der Waals surface area contributed by atoms with Crippen LogP contribution in [0.15, 0.2) is 66.9 Å². The van der Waals surface area contributed by atoms with E-state index in [9.17, 15) is 4.79 Å². The van der Waals surface area contributed by atoms with Crippen molar-refractivity contribution in [1.82, 2.24) is 20.1 Å². The molecular formula is C20H15ClN4O2. The van der Waals surface area contributed by atoms with Crippen molar-refractivity contribution >= 4 is 23.0 Å². The van der Waals surface area contributed by atoms with Gasteiger partial charge >= 0.3 is 0 Å². The molecule has 2 N–H and O–H groups in total. The van der Waals surface area contributed by atoms with Crippen LogP contribution >= 0.6 is 11.6 Å². The Morgan fingerprint density at radius 3 is 2.67 bits per heavy atom. The molecule has 0 spiro atoms. The summed E-state index contributed by atoms with van der Waals surface area (Å²) in [5.41, 5.74) is 6.16. The maximum Gasteiger partial charge on any atom is 0.293 e. The first-order valence-electron chi connectivity index (χ1n) is 8.28. The summed E-state index contributed by atoms with van der Waals surface area (Å²) in [7, 11) is 0. The van der Waals surface area contributed by atoms with Gasteiger partial charge in [-0.05, 0) is 24.3 Å². The Balaban J connectivity index is 1.84. The first kappa shape index (κ1) is 17.2. The summed E-state index contributed by atoms with van der Waals surface area (Å²) < 4.78 is 1.75. The van der Waals surface area contributed by atoms with Gasteiger partial charge in [0.1, 0.15) is 5.69 Å². The van der Waals surface area contributed by atoms with Crippen LogP contribution < -0.4 is 5.48 Å². The van der Waals surface area contributed by atoms with Gasteiger partial charge in [-0.2, -0.15) is 5.10 Å². The average Bonchev–Trinajstić information content (AvgIpc) is 3.05. The predicted octanol–water partition coefficient (Wildman–Crippen LogP) is 3.76. The lowest BCUT2D eigenvalue weighted by Crippen LogP contribution is -2.20. The fourth-order valence-corrected chi connectivity index (χ4v) is 3.18. The third-order valence-corrected chi connectivity index (χ3v) is 4.47. The predicted molar refractivity (Wildman–Crippen MR) is 102 cm³/mol. The molecule has 0 unspecified atom stereocenters. The van der Waals surface area contributed by atoms with E-state index in [1.807, 2.05) is 48.5 Å². The highest BCUT2D eigenvalue weighted by Crippen LogP contribution is 2.29. The van der Waals surface area contributed by atoms with Gasteiger partial charge < -0.3 is 0 Å². The Labute approximate surface area is 160 Å². The molecule has 0 saturated heterocycles. The lowest BCUT2D eigenvalue weighted by molar-refractivity contribution is 0.0700. The fourth-order valence-electron chi connectivity index (χ4n) is 3.02. The molecule has 7 heteroatoms. The number of nitrogens with zero attached hydrogens (tertiary/aromatic N) is 3. The topological polar surface area (TPSA) is 79.5 Å². The summed E-state index contributed by atoms with van der Waals surface area (Å²) >= 11 is 6.12. The monoisotopic (exact) mass is 378 g/mol. The molecule has 1 amide bonds. The molecule has 0 aliphatic heterocycles. The van der Waals surface area contributed by atoms with Crippen molar-refractivity contribution in [2.24, 2.45) is 0 Å². The van der Waals surface area contributed by atoms with E-state index in [1.165, 1.54) is 0 Å². The second-order valence-corrected chi connectivity index (χ2v) is 6.44. The van der Waals surface area contributed by atoms with Gasteiger partial charge in [0.2, 0.25) is 0 Å². The highest BCUT2D eigenvalue weighted by molar-refractivity contribution is 6.30. The maximum absolute atomic E-state index is 11.7. The van der Waals surface area contributed by atoms with Crippen molar-refractivity contribution in [1.29, 1.82) is 0 Å². The number of hydroxylamine groups is 1. The number of hydrogen-bond acceptors (Lipinski definition) is 4. The Kier molecular flexibility index (Phi) is 4.58. The van der Waals surface area contributed by atoms with Crippen LogP contribution in [-0.2, 0) is 6.42 Å². The lowest BCUT2D eigenvalue weighted by Gasteiger charge is -2.05. The number of aromatic nitrogens is 3. The highest BCUT2D eigenvalue weighted by Gasteiger charge is 2.16. The van der Waals surface area contributed by atoms with Crippen LogP contribution in [0.2, 0.25) is 5.02 Å². The van der Waals surface area contributed by atoms with Crippen molar-refractivity contribution in [2.75, 3.05) is 0 Å². The van der Waals surface area contributed by atoms with Gasteiger partial charge in [-0.3, -0.25) is 10.0 Å². The van der Waals surface area contributed by atoms with Crippen LogP contribution in [0.1, 0.15) is 21.7 Å². The lowest BCUT2D eigenvalue weighted by atomic mass is 10.0. The third kappa shape index (κ3) is 3.40. The molecule has 0 saturated carbocycles. The van der Waals surface area contributed by atoms with E-state index in [2.05, 4.69) is 4.98 Å². The summed E-state index contributed by atoms with van der Waals surface area (Å²) in [6.45, 7) is 0. The molecule has 0 atom stereocenters. The quantitative estimate of drug-likeness (QED) is 0.418. The first-order valence-corrected chi connectivity index (χ1v) is 8.66. The standard InChI is InChI=1S/C20H15ClN4O2/c21-14-9-10-18-16(11-15-7-4-8-17(22-15)20(26)24-27)19(23-25(18)12-14)13-5-2-1-3-6-13/h1-10,12,27H,11H2,(H,24,26). The summed E-state index contributed by atoms with van der Waals surface area (Å²) in [5, 5.41) is 14.1. The second-order valence-electron chi connectivity index (χ2n) is 6.00.